The first kappa shape index (κ1) is 85.2. The fourth-order valence-corrected chi connectivity index (χ4v) is 16.3. The van der Waals surface area contributed by atoms with Crippen LogP contribution in [0.5, 0.6) is 0 Å². The molecule has 2 unspecified atom stereocenters. The number of rotatable bonds is 23. The van der Waals surface area contributed by atoms with E-state index in [0.717, 1.165) is 12.1 Å². The molecule has 10 rings (SSSR count). The van der Waals surface area contributed by atoms with E-state index < -0.39 is 104 Å². The van der Waals surface area contributed by atoms with Crippen molar-refractivity contribution in [2.45, 2.75) is 179 Å². The Bertz CT molecular complexity index is 3900. The molecule has 0 radical (unpaired) electrons. The molecular weight excluding hydrogens is 1430 g/mol. The summed E-state index contributed by atoms with van der Waals surface area (Å²) in [5.41, 5.74) is -5.81. The van der Waals surface area contributed by atoms with E-state index in [1.807, 2.05) is 13.8 Å². The largest absolute Gasteiger partial charge is 1.00 e. The molecular formula is C79H99Cl4F2LiN2O13Si2. The Hall–Kier alpha value is -5.03. The first-order valence-electron chi connectivity index (χ1n) is 35.1. The predicted molar refractivity (Wildman–Crippen MR) is 399 cm³/mol. The van der Waals surface area contributed by atoms with Gasteiger partial charge in [-0.15, -0.1) is 5.60 Å². The molecule has 2 saturated heterocycles. The van der Waals surface area contributed by atoms with Gasteiger partial charge in [-0.1, -0.05) is 169 Å². The Kier molecular flexibility index (Phi) is 28.9. The van der Waals surface area contributed by atoms with Crippen LogP contribution in [0.15, 0.2) is 121 Å². The minimum atomic E-state index is -2.36. The Morgan fingerprint density at radius 2 is 0.903 bits per heavy atom. The number of hydrogen-bond acceptors (Lipinski definition) is 13. The van der Waals surface area contributed by atoms with Crippen molar-refractivity contribution in [3.05, 3.63) is 209 Å². The first-order valence-corrected chi connectivity index (χ1v) is 44.0. The number of carbonyl (C=O) groups excluding carboxylic acids is 4. The van der Waals surface area contributed by atoms with Crippen molar-refractivity contribution in [3.63, 3.8) is 0 Å². The number of benzene rings is 6. The van der Waals surface area contributed by atoms with Crippen molar-refractivity contribution in [1.82, 2.24) is 9.80 Å². The monoisotopic (exact) mass is 1520 g/mol. The van der Waals surface area contributed by atoms with Gasteiger partial charge in [0.1, 0.15) is 11.6 Å². The fraction of sp³-hybridized carbons (Fsp3) is 0.494. The average Bonchev–Trinajstić information content (AvgIpc) is 1.55. The average molecular weight is 1530 g/mol. The van der Waals surface area contributed by atoms with E-state index in [-0.39, 0.29) is 83.7 Å². The maximum absolute atomic E-state index is 17.0. The van der Waals surface area contributed by atoms with Crippen molar-refractivity contribution in [1.29, 1.82) is 0 Å². The summed E-state index contributed by atoms with van der Waals surface area (Å²) in [6, 6.07) is 31.4. The van der Waals surface area contributed by atoms with Gasteiger partial charge in [-0.05, 0) is 171 Å². The normalized spacial score (nSPS) is 20.3. The predicted octanol–water partition coefficient (Wildman–Crippen LogP) is 13.9. The number of ether oxygens (including phenoxy) is 5. The van der Waals surface area contributed by atoms with Gasteiger partial charge in [0, 0.05) is 80.9 Å². The van der Waals surface area contributed by atoms with Crippen LogP contribution in [0.2, 0.25) is 71.5 Å². The van der Waals surface area contributed by atoms with Crippen LogP contribution in [0.4, 0.5) is 8.78 Å². The molecule has 4 aliphatic heterocycles. The molecule has 4 aliphatic rings. The molecule has 0 bridgehead atoms. The molecule has 4 heterocycles. The molecule has 103 heavy (non-hydrogen) atoms. The van der Waals surface area contributed by atoms with Crippen molar-refractivity contribution in [2.75, 3.05) is 46.8 Å². The number of aliphatic hydroxyl groups is 3. The molecule has 2 fully saturated rings. The number of nitrogens with zero attached hydrogens (tertiary/aromatic N) is 2. The second kappa shape index (κ2) is 34.9. The minimum Gasteiger partial charge on any atom is -0.850 e. The zero-order valence-corrected chi connectivity index (χ0v) is 67.0. The second-order valence-corrected chi connectivity index (χ2v) is 43.6. The van der Waals surface area contributed by atoms with E-state index in [2.05, 4.69) is 39.3 Å². The summed E-state index contributed by atoms with van der Waals surface area (Å²) in [5.74, 6) is -6.16. The van der Waals surface area contributed by atoms with E-state index in [9.17, 15) is 34.8 Å². The topological polar surface area (TPSA) is 205 Å². The number of hydrogen-bond donors (Lipinski definition) is 3. The van der Waals surface area contributed by atoms with E-state index >= 15 is 13.6 Å². The third kappa shape index (κ3) is 19.1. The second-order valence-electron chi connectivity index (χ2n) is 30.6. The molecule has 0 spiro atoms. The number of halogens is 6. The Balaban J connectivity index is 0.000000268. The Labute approximate surface area is 640 Å². The summed E-state index contributed by atoms with van der Waals surface area (Å²) in [6.07, 6.45) is 2.95. The molecule has 6 aromatic rings. The number of fused-ring (bicyclic) bond motifs is 2. The summed E-state index contributed by atoms with van der Waals surface area (Å²) in [5, 5.41) is 48.9. The Morgan fingerprint density at radius 3 is 1.25 bits per heavy atom. The minimum absolute atomic E-state index is 0. The third-order valence-electron chi connectivity index (χ3n) is 20.0. The third-order valence-corrected chi connectivity index (χ3v) is 24.4. The number of amides is 2. The smallest absolute Gasteiger partial charge is 0.850 e. The summed E-state index contributed by atoms with van der Waals surface area (Å²) in [7, 11) is -1.63. The quantitative estimate of drug-likeness (QED) is 0.0404. The molecule has 3 N–H and O–H groups in total. The van der Waals surface area contributed by atoms with E-state index in [4.69, 9.17) is 70.1 Å². The summed E-state index contributed by atoms with van der Waals surface area (Å²) < 4.78 is 62.7. The number of esters is 2. The van der Waals surface area contributed by atoms with Crippen LogP contribution >= 0.6 is 46.4 Å². The van der Waals surface area contributed by atoms with Crippen molar-refractivity contribution in [3.8, 4) is 0 Å². The van der Waals surface area contributed by atoms with Gasteiger partial charge in [0.2, 0.25) is 0 Å². The molecule has 24 heteroatoms. The fourth-order valence-electron chi connectivity index (χ4n) is 14.3. The van der Waals surface area contributed by atoms with Crippen LogP contribution in [-0.4, -0.2) is 117 Å². The van der Waals surface area contributed by atoms with Gasteiger partial charge in [0.25, 0.3) is 11.8 Å². The molecule has 2 amide bonds. The van der Waals surface area contributed by atoms with Gasteiger partial charge >= 0.3 is 30.8 Å². The first-order chi connectivity index (χ1) is 47.8. The molecule has 6 aromatic carbocycles. The molecule has 554 valence electrons. The van der Waals surface area contributed by atoms with Crippen molar-refractivity contribution < 1.29 is 90.9 Å². The van der Waals surface area contributed by atoms with Crippen LogP contribution in [0.25, 0.3) is 0 Å². The van der Waals surface area contributed by atoms with Crippen LogP contribution in [0.1, 0.15) is 164 Å². The van der Waals surface area contributed by atoms with Crippen LogP contribution < -0.4 is 24.0 Å². The van der Waals surface area contributed by atoms with Gasteiger partial charge in [0.05, 0.1) is 70.6 Å². The van der Waals surface area contributed by atoms with Crippen molar-refractivity contribution in [2.24, 2.45) is 23.7 Å². The van der Waals surface area contributed by atoms with E-state index in [1.54, 1.807) is 126 Å². The van der Waals surface area contributed by atoms with Gasteiger partial charge in [-0.25, -0.2) is 8.78 Å². The van der Waals surface area contributed by atoms with Crippen molar-refractivity contribution >= 4 is 86.3 Å². The van der Waals surface area contributed by atoms with Crippen LogP contribution in [-0.2, 0) is 55.9 Å². The summed E-state index contributed by atoms with van der Waals surface area (Å²) >= 11 is 25.1. The Morgan fingerprint density at radius 1 is 0.583 bits per heavy atom. The zero-order valence-electron chi connectivity index (χ0n) is 62.0. The standard InChI is InChI=1S/C38H46Cl2FNO6Si.C37H44Cl2FNO6Si.C4H9O.Li/c1-7-37(45,26-16-18-47-19-17-26)28-22-31-33(32(41)23-28)38(46-3,27-10-14-30(40)15-11-27)42(35(31)43)34(25-8-12-29(39)13-9-25)24(2)36(44)48-20-21-49(4,5)6;1-6-36(44,25-15-17-46-18-16-25)27-21-30-32(31(40)22-27)37(45,26-9-13-29(39)14-10-26)41(34(30)42)33(24-7-11-28(38)12-8-24)23(2)35(43)47-19-20-48(3,4)5;1-4(2,3)5;/h8-15,22-24,26,34,45H,7,16-21H2,1-6H3;7-14,21-23,25,33,44-45H,6,15-20H2,1-5H3;1-3H3;/q;;-1;+1/t24-,34?,37-,38+;23-,33?,36-,37+;;/m00../s1. The zero-order chi connectivity index (χ0) is 75.2. The molecule has 0 aromatic heterocycles. The van der Waals surface area contributed by atoms with Gasteiger partial charge in [-0.2, -0.15) is 0 Å². The molecule has 8 atom stereocenters. The van der Waals surface area contributed by atoms with Gasteiger partial charge in [0.15, 0.2) is 11.4 Å². The number of carbonyl (C=O) groups is 4. The summed E-state index contributed by atoms with van der Waals surface area (Å²) in [4.78, 5) is 60.0. The van der Waals surface area contributed by atoms with E-state index in [1.165, 1.54) is 47.2 Å². The molecule has 0 saturated carbocycles. The van der Waals surface area contributed by atoms with Gasteiger partial charge in [-0.3, -0.25) is 29.0 Å². The number of methoxy groups -OCH3 is 1. The van der Waals surface area contributed by atoms with E-state index in [0.29, 0.717) is 101 Å². The van der Waals surface area contributed by atoms with Crippen LogP contribution in [0.3, 0.4) is 0 Å². The summed E-state index contributed by atoms with van der Waals surface area (Å²) in [6.45, 7) is 27.5. The maximum atomic E-state index is 17.0. The SMILES string of the molecule is CC(C)(C)[O-].CC[C@@](O)(c1cc(F)c2c(c1)C(=O)N(C(c1ccc(Cl)cc1)[C@H](C)C(=O)OCC[Si](C)(C)C)[C@@]2(O)c1ccc(Cl)cc1)C1CCOCC1.CC[C@@](O)(c1cc(F)c2c(c1)C(=O)N(C(c1ccc(Cl)cc1)[C@H](C)C(=O)OCC[Si](C)(C)C)[C@@]2(OC)c1ccc(Cl)cc1)C1CCOCC1.[Li+]. The van der Waals surface area contributed by atoms with Crippen LogP contribution in [0, 0.1) is 35.3 Å². The molecule has 0 aliphatic carbocycles. The molecule has 15 nitrogen and oxygen atoms in total. The maximum Gasteiger partial charge on any atom is 1.00 e. The van der Waals surface area contributed by atoms with Gasteiger partial charge < -0.3 is 44.1 Å².